The molecular formula is C14H12FN5O2S. The number of hydrogen-bond acceptors (Lipinski definition) is 5. The third kappa shape index (κ3) is 3.58. The van der Waals surface area contributed by atoms with Gasteiger partial charge in [-0.1, -0.05) is 0 Å². The molecule has 0 atom stereocenters. The van der Waals surface area contributed by atoms with Crippen molar-refractivity contribution in [1.82, 2.24) is 24.9 Å². The van der Waals surface area contributed by atoms with Gasteiger partial charge in [-0.2, -0.15) is 5.10 Å². The van der Waals surface area contributed by atoms with Crippen LogP contribution in [-0.2, 0) is 16.6 Å². The fourth-order valence-corrected chi connectivity index (χ4v) is 2.85. The molecule has 3 aromatic rings. The summed E-state index contributed by atoms with van der Waals surface area (Å²) in [4.78, 5) is 8.14. The minimum atomic E-state index is -3.75. The lowest BCUT2D eigenvalue weighted by molar-refractivity contribution is 0.578. The summed E-state index contributed by atoms with van der Waals surface area (Å²) in [5.74, 6) is 0.281. The Kier molecular flexibility index (Phi) is 4.13. The molecule has 0 unspecified atom stereocenters. The molecule has 0 fully saturated rings. The molecule has 1 aromatic carbocycles. The molecule has 0 saturated heterocycles. The molecule has 0 aliphatic rings. The molecule has 0 amide bonds. The van der Waals surface area contributed by atoms with Gasteiger partial charge in [-0.05, 0) is 36.4 Å². The van der Waals surface area contributed by atoms with Crippen LogP contribution in [0.4, 0.5) is 4.39 Å². The SMILES string of the molecule is O=S(=O)(NCc1nc(-c2cccnc2)n[nH]1)c1ccc(F)cc1. The van der Waals surface area contributed by atoms with E-state index in [9.17, 15) is 12.8 Å². The molecule has 23 heavy (non-hydrogen) atoms. The molecule has 118 valence electrons. The van der Waals surface area contributed by atoms with Crippen molar-refractivity contribution in [2.24, 2.45) is 0 Å². The average Bonchev–Trinajstić information content (AvgIpc) is 3.03. The maximum atomic E-state index is 12.8. The molecule has 0 bridgehead atoms. The van der Waals surface area contributed by atoms with Crippen molar-refractivity contribution in [3.63, 3.8) is 0 Å². The van der Waals surface area contributed by atoms with Gasteiger partial charge in [-0.15, -0.1) is 0 Å². The summed E-state index contributed by atoms with van der Waals surface area (Å²) in [6.45, 7) is -0.0625. The Labute approximate surface area is 131 Å². The number of hydrogen-bond donors (Lipinski definition) is 2. The molecule has 2 heterocycles. The topological polar surface area (TPSA) is 101 Å². The van der Waals surface area contributed by atoms with Gasteiger partial charge in [0.1, 0.15) is 11.6 Å². The summed E-state index contributed by atoms with van der Waals surface area (Å²) in [6.07, 6.45) is 3.24. The maximum Gasteiger partial charge on any atom is 0.240 e. The van der Waals surface area contributed by atoms with Gasteiger partial charge in [0, 0.05) is 18.0 Å². The molecule has 3 rings (SSSR count). The van der Waals surface area contributed by atoms with Crippen molar-refractivity contribution in [2.45, 2.75) is 11.4 Å². The zero-order chi connectivity index (χ0) is 16.3. The zero-order valence-corrected chi connectivity index (χ0v) is 12.6. The van der Waals surface area contributed by atoms with Crippen LogP contribution >= 0.6 is 0 Å². The second kappa shape index (κ2) is 6.23. The smallest absolute Gasteiger partial charge is 0.240 e. The number of nitrogens with zero attached hydrogens (tertiary/aromatic N) is 3. The van der Waals surface area contributed by atoms with E-state index in [1.165, 1.54) is 12.1 Å². The fourth-order valence-electron chi connectivity index (χ4n) is 1.86. The van der Waals surface area contributed by atoms with E-state index in [0.717, 1.165) is 17.7 Å². The van der Waals surface area contributed by atoms with Gasteiger partial charge in [0.15, 0.2) is 5.82 Å². The van der Waals surface area contributed by atoms with Crippen molar-refractivity contribution in [2.75, 3.05) is 0 Å². The Bertz CT molecular complexity index is 894. The highest BCUT2D eigenvalue weighted by atomic mass is 32.2. The van der Waals surface area contributed by atoms with E-state index in [1.54, 1.807) is 24.5 Å². The fraction of sp³-hybridized carbons (Fsp3) is 0.0714. The van der Waals surface area contributed by atoms with Gasteiger partial charge in [-0.25, -0.2) is 22.5 Å². The first-order chi connectivity index (χ1) is 11.0. The molecule has 0 saturated carbocycles. The van der Waals surface area contributed by atoms with Gasteiger partial charge in [0.05, 0.1) is 11.4 Å². The van der Waals surface area contributed by atoms with Gasteiger partial charge in [0.2, 0.25) is 10.0 Å². The minimum Gasteiger partial charge on any atom is -0.264 e. The second-order valence-corrected chi connectivity index (χ2v) is 6.39. The molecule has 9 heteroatoms. The summed E-state index contributed by atoms with van der Waals surface area (Å²) >= 11 is 0. The molecule has 2 aromatic heterocycles. The number of pyridine rings is 1. The maximum absolute atomic E-state index is 12.8. The Balaban J connectivity index is 1.71. The highest BCUT2D eigenvalue weighted by Gasteiger charge is 2.15. The minimum absolute atomic E-state index is 0.0223. The summed E-state index contributed by atoms with van der Waals surface area (Å²) in [5, 5.41) is 6.67. The van der Waals surface area contributed by atoms with E-state index in [-0.39, 0.29) is 11.4 Å². The van der Waals surface area contributed by atoms with Crippen molar-refractivity contribution in [3.8, 4) is 11.4 Å². The predicted octanol–water partition coefficient (Wildman–Crippen LogP) is 1.48. The number of benzene rings is 1. The van der Waals surface area contributed by atoms with Crippen LogP contribution in [0.1, 0.15) is 5.82 Å². The average molecular weight is 333 g/mol. The molecule has 7 nitrogen and oxygen atoms in total. The molecular weight excluding hydrogens is 321 g/mol. The monoisotopic (exact) mass is 333 g/mol. The van der Waals surface area contributed by atoms with E-state index in [0.29, 0.717) is 11.6 Å². The van der Waals surface area contributed by atoms with Gasteiger partial charge >= 0.3 is 0 Å². The third-order valence-electron chi connectivity index (χ3n) is 3.01. The van der Waals surface area contributed by atoms with Crippen LogP contribution in [0.15, 0.2) is 53.7 Å². The van der Waals surface area contributed by atoms with Gasteiger partial charge in [-0.3, -0.25) is 10.1 Å². The number of H-pyrrole nitrogens is 1. The van der Waals surface area contributed by atoms with Crippen molar-refractivity contribution < 1.29 is 12.8 Å². The van der Waals surface area contributed by atoms with Crippen LogP contribution in [0, 0.1) is 5.82 Å². The van der Waals surface area contributed by atoms with E-state index >= 15 is 0 Å². The first kappa shape index (κ1) is 15.3. The summed E-state index contributed by atoms with van der Waals surface area (Å²) in [7, 11) is -3.75. The molecule has 0 aliphatic heterocycles. The normalized spacial score (nSPS) is 11.5. The predicted molar refractivity (Wildman–Crippen MR) is 80.0 cm³/mol. The van der Waals surface area contributed by atoms with Crippen LogP contribution in [0.25, 0.3) is 11.4 Å². The second-order valence-electron chi connectivity index (χ2n) is 4.63. The van der Waals surface area contributed by atoms with Crippen LogP contribution in [0.3, 0.4) is 0 Å². The highest BCUT2D eigenvalue weighted by molar-refractivity contribution is 7.89. The van der Waals surface area contributed by atoms with Gasteiger partial charge < -0.3 is 0 Å². The summed E-state index contributed by atoms with van der Waals surface area (Å²) < 4.78 is 39.4. The first-order valence-electron chi connectivity index (χ1n) is 6.61. The first-order valence-corrected chi connectivity index (χ1v) is 8.10. The van der Waals surface area contributed by atoms with Crippen LogP contribution < -0.4 is 4.72 Å². The third-order valence-corrected chi connectivity index (χ3v) is 4.42. The Morgan fingerprint density at radius 2 is 1.96 bits per heavy atom. The van der Waals surface area contributed by atoms with Crippen molar-refractivity contribution in [3.05, 3.63) is 60.4 Å². The van der Waals surface area contributed by atoms with Crippen LogP contribution in [0.5, 0.6) is 0 Å². The molecule has 0 radical (unpaired) electrons. The van der Waals surface area contributed by atoms with E-state index < -0.39 is 15.8 Å². The van der Waals surface area contributed by atoms with Crippen LogP contribution in [0.2, 0.25) is 0 Å². The van der Waals surface area contributed by atoms with E-state index in [1.807, 2.05) is 0 Å². The van der Waals surface area contributed by atoms with Crippen molar-refractivity contribution in [1.29, 1.82) is 0 Å². The molecule has 0 aliphatic carbocycles. The highest BCUT2D eigenvalue weighted by Crippen LogP contribution is 2.13. The Morgan fingerprint density at radius 1 is 1.17 bits per heavy atom. The molecule has 0 spiro atoms. The lowest BCUT2D eigenvalue weighted by Gasteiger charge is -2.04. The zero-order valence-electron chi connectivity index (χ0n) is 11.8. The number of halogens is 1. The quantitative estimate of drug-likeness (QED) is 0.736. The Morgan fingerprint density at radius 3 is 2.65 bits per heavy atom. The lowest BCUT2D eigenvalue weighted by atomic mass is 10.3. The van der Waals surface area contributed by atoms with Gasteiger partial charge in [0.25, 0.3) is 0 Å². The summed E-state index contributed by atoms with van der Waals surface area (Å²) in [5.41, 5.74) is 0.719. The number of aromatic nitrogens is 4. The van der Waals surface area contributed by atoms with E-state index in [4.69, 9.17) is 0 Å². The standard InChI is InChI=1S/C14H12FN5O2S/c15-11-3-5-12(6-4-11)23(21,22)17-9-13-18-14(20-19-13)10-2-1-7-16-8-10/h1-8,17H,9H2,(H,18,19,20). The number of nitrogens with one attached hydrogen (secondary N) is 2. The summed E-state index contributed by atoms with van der Waals surface area (Å²) in [6, 6.07) is 8.11. The molecule has 2 N–H and O–H groups in total. The number of sulfonamides is 1. The lowest BCUT2D eigenvalue weighted by Crippen LogP contribution is -2.23. The number of rotatable bonds is 5. The van der Waals surface area contributed by atoms with E-state index in [2.05, 4.69) is 24.9 Å². The Hall–Kier alpha value is -2.65. The van der Waals surface area contributed by atoms with Crippen LogP contribution in [-0.4, -0.2) is 28.6 Å². The number of aromatic amines is 1. The van der Waals surface area contributed by atoms with Crippen molar-refractivity contribution >= 4 is 10.0 Å². The largest absolute Gasteiger partial charge is 0.264 e.